The van der Waals surface area contributed by atoms with Gasteiger partial charge in [0, 0.05) is 6.04 Å². The number of rotatable bonds is 3. The van der Waals surface area contributed by atoms with Crippen LogP contribution in [0.4, 0.5) is 18.9 Å². The molecular weight excluding hydrogens is 245 g/mol. The van der Waals surface area contributed by atoms with Gasteiger partial charge in [0.2, 0.25) is 5.91 Å². The zero-order valence-corrected chi connectivity index (χ0v) is 10.1. The van der Waals surface area contributed by atoms with Crippen molar-refractivity contribution < 1.29 is 18.0 Å². The third-order valence-electron chi connectivity index (χ3n) is 2.69. The number of alkyl halides is 3. The second kappa shape index (κ2) is 5.39. The Bertz CT molecular complexity index is 430. The van der Waals surface area contributed by atoms with E-state index in [1.165, 1.54) is 18.2 Å². The Hall–Kier alpha value is -1.56. The lowest BCUT2D eigenvalue weighted by atomic mass is 10.0. The lowest BCUT2D eigenvalue weighted by Crippen LogP contribution is -2.34. The number of anilines is 1. The largest absolute Gasteiger partial charge is 0.418 e. The van der Waals surface area contributed by atoms with Gasteiger partial charge in [0.15, 0.2) is 0 Å². The third-order valence-corrected chi connectivity index (χ3v) is 2.69. The minimum atomic E-state index is -4.50. The molecule has 1 rings (SSSR count). The molecule has 18 heavy (non-hydrogen) atoms. The molecule has 0 spiro atoms. The molecule has 0 heterocycles. The Morgan fingerprint density at radius 1 is 1.28 bits per heavy atom. The normalized spacial score (nSPS) is 15.0. The topological polar surface area (TPSA) is 55.1 Å². The van der Waals surface area contributed by atoms with Crippen LogP contribution in [-0.4, -0.2) is 11.9 Å². The van der Waals surface area contributed by atoms with Crippen LogP contribution in [-0.2, 0) is 11.0 Å². The van der Waals surface area contributed by atoms with Crippen LogP contribution in [0.1, 0.15) is 19.4 Å². The summed E-state index contributed by atoms with van der Waals surface area (Å²) in [4.78, 5) is 11.7. The van der Waals surface area contributed by atoms with E-state index in [4.69, 9.17) is 5.73 Å². The quantitative estimate of drug-likeness (QED) is 0.877. The fourth-order valence-electron chi connectivity index (χ4n) is 1.32. The molecule has 0 aliphatic heterocycles. The lowest BCUT2D eigenvalue weighted by Gasteiger charge is -2.18. The van der Waals surface area contributed by atoms with E-state index in [-0.39, 0.29) is 5.69 Å². The van der Waals surface area contributed by atoms with Gasteiger partial charge in [-0.25, -0.2) is 0 Å². The minimum Gasteiger partial charge on any atom is -0.327 e. The van der Waals surface area contributed by atoms with Crippen molar-refractivity contribution in [2.75, 3.05) is 5.32 Å². The standard InChI is InChI=1S/C12H15F3N2O/c1-7(8(2)16)11(18)17-10-6-4-3-5-9(10)12(13,14)15/h3-8H,16H2,1-2H3,(H,17,18). The summed E-state index contributed by atoms with van der Waals surface area (Å²) in [7, 11) is 0. The summed E-state index contributed by atoms with van der Waals surface area (Å²) in [5.74, 6) is -1.09. The van der Waals surface area contributed by atoms with Crippen LogP contribution < -0.4 is 11.1 Å². The van der Waals surface area contributed by atoms with Crippen molar-refractivity contribution in [3.05, 3.63) is 29.8 Å². The minimum absolute atomic E-state index is 0.248. The number of hydrogen-bond donors (Lipinski definition) is 2. The van der Waals surface area contributed by atoms with Crippen LogP contribution >= 0.6 is 0 Å². The van der Waals surface area contributed by atoms with Crippen molar-refractivity contribution >= 4 is 11.6 Å². The predicted octanol–water partition coefficient (Wildman–Crippen LogP) is 2.63. The average Bonchev–Trinajstić information content (AvgIpc) is 2.27. The number of nitrogens with two attached hydrogens (primary N) is 1. The smallest absolute Gasteiger partial charge is 0.327 e. The van der Waals surface area contributed by atoms with E-state index in [1.807, 2.05) is 0 Å². The number of carbonyl (C=O) groups is 1. The number of halogens is 3. The first-order valence-electron chi connectivity index (χ1n) is 5.46. The van der Waals surface area contributed by atoms with Gasteiger partial charge in [0.25, 0.3) is 0 Å². The second-order valence-electron chi connectivity index (χ2n) is 4.18. The molecule has 3 nitrogen and oxygen atoms in total. The van der Waals surface area contributed by atoms with Crippen molar-refractivity contribution in [1.82, 2.24) is 0 Å². The van der Waals surface area contributed by atoms with E-state index >= 15 is 0 Å². The first kappa shape index (κ1) is 14.5. The van der Waals surface area contributed by atoms with Gasteiger partial charge in [-0.2, -0.15) is 13.2 Å². The van der Waals surface area contributed by atoms with Crippen LogP contribution in [0.15, 0.2) is 24.3 Å². The van der Waals surface area contributed by atoms with E-state index in [2.05, 4.69) is 5.32 Å². The molecule has 1 aromatic carbocycles. The summed E-state index contributed by atoms with van der Waals surface area (Å²) in [5.41, 5.74) is 4.42. The van der Waals surface area contributed by atoms with Gasteiger partial charge in [-0.3, -0.25) is 4.79 Å². The molecule has 6 heteroatoms. The molecule has 1 aromatic rings. The van der Waals surface area contributed by atoms with Gasteiger partial charge >= 0.3 is 6.18 Å². The van der Waals surface area contributed by atoms with Crippen molar-refractivity contribution in [2.45, 2.75) is 26.1 Å². The molecule has 0 bridgehead atoms. The fourth-order valence-corrected chi connectivity index (χ4v) is 1.32. The van der Waals surface area contributed by atoms with E-state index in [0.29, 0.717) is 0 Å². The molecule has 0 fully saturated rings. The number of carbonyl (C=O) groups excluding carboxylic acids is 1. The number of para-hydroxylation sites is 1. The highest BCUT2D eigenvalue weighted by Gasteiger charge is 2.33. The Kier molecular flexibility index (Phi) is 4.34. The highest BCUT2D eigenvalue weighted by atomic mass is 19.4. The fraction of sp³-hybridized carbons (Fsp3) is 0.417. The van der Waals surface area contributed by atoms with Gasteiger partial charge in [0.1, 0.15) is 0 Å². The summed E-state index contributed by atoms with van der Waals surface area (Å²) < 4.78 is 38.0. The first-order valence-corrected chi connectivity index (χ1v) is 5.46. The lowest BCUT2D eigenvalue weighted by molar-refractivity contribution is -0.137. The Labute approximate surface area is 103 Å². The molecule has 2 unspecified atom stereocenters. The summed E-state index contributed by atoms with van der Waals surface area (Å²) in [6, 6.07) is 4.42. The molecular formula is C12H15F3N2O. The molecule has 0 saturated carbocycles. The average molecular weight is 260 g/mol. The third kappa shape index (κ3) is 3.46. The van der Waals surface area contributed by atoms with Crippen molar-refractivity contribution in [1.29, 1.82) is 0 Å². The summed E-state index contributed by atoms with van der Waals surface area (Å²) >= 11 is 0. The predicted molar refractivity (Wildman–Crippen MR) is 62.9 cm³/mol. The van der Waals surface area contributed by atoms with Gasteiger partial charge < -0.3 is 11.1 Å². The molecule has 0 aliphatic carbocycles. The highest BCUT2D eigenvalue weighted by molar-refractivity contribution is 5.93. The van der Waals surface area contributed by atoms with Crippen LogP contribution in [0.2, 0.25) is 0 Å². The Morgan fingerprint density at radius 2 is 1.83 bits per heavy atom. The van der Waals surface area contributed by atoms with Crippen molar-refractivity contribution in [3.8, 4) is 0 Å². The van der Waals surface area contributed by atoms with E-state index in [1.54, 1.807) is 13.8 Å². The molecule has 2 atom stereocenters. The van der Waals surface area contributed by atoms with E-state index in [0.717, 1.165) is 6.07 Å². The molecule has 0 radical (unpaired) electrons. The zero-order chi connectivity index (χ0) is 13.9. The van der Waals surface area contributed by atoms with E-state index in [9.17, 15) is 18.0 Å². The Balaban J connectivity index is 2.95. The number of amides is 1. The monoisotopic (exact) mass is 260 g/mol. The molecule has 0 aliphatic rings. The van der Waals surface area contributed by atoms with Gasteiger partial charge in [0.05, 0.1) is 17.2 Å². The molecule has 3 N–H and O–H groups in total. The van der Waals surface area contributed by atoms with E-state index < -0.39 is 29.6 Å². The molecule has 0 saturated heterocycles. The number of nitrogens with one attached hydrogen (secondary N) is 1. The zero-order valence-electron chi connectivity index (χ0n) is 10.1. The maximum atomic E-state index is 12.7. The van der Waals surface area contributed by atoms with Crippen LogP contribution in [0, 0.1) is 5.92 Å². The molecule has 1 amide bonds. The van der Waals surface area contributed by atoms with Gasteiger partial charge in [-0.05, 0) is 19.1 Å². The summed E-state index contributed by atoms with van der Waals surface area (Å²) in [6.07, 6.45) is -4.50. The van der Waals surface area contributed by atoms with Crippen molar-refractivity contribution in [2.24, 2.45) is 11.7 Å². The van der Waals surface area contributed by atoms with Gasteiger partial charge in [-0.1, -0.05) is 19.1 Å². The van der Waals surface area contributed by atoms with Crippen LogP contribution in [0.3, 0.4) is 0 Å². The maximum Gasteiger partial charge on any atom is 0.418 e. The SMILES string of the molecule is CC(N)C(C)C(=O)Nc1ccccc1C(F)(F)F. The highest BCUT2D eigenvalue weighted by Crippen LogP contribution is 2.34. The molecule has 100 valence electrons. The number of hydrogen-bond acceptors (Lipinski definition) is 2. The van der Waals surface area contributed by atoms with Gasteiger partial charge in [-0.15, -0.1) is 0 Å². The Morgan fingerprint density at radius 3 is 2.33 bits per heavy atom. The molecule has 0 aromatic heterocycles. The summed E-state index contributed by atoms with van der Waals surface area (Å²) in [5, 5.41) is 2.26. The van der Waals surface area contributed by atoms with Crippen LogP contribution in [0.25, 0.3) is 0 Å². The first-order chi connectivity index (χ1) is 8.23. The van der Waals surface area contributed by atoms with Crippen molar-refractivity contribution in [3.63, 3.8) is 0 Å². The second-order valence-corrected chi connectivity index (χ2v) is 4.18. The number of benzene rings is 1. The van der Waals surface area contributed by atoms with Crippen LogP contribution in [0.5, 0.6) is 0 Å². The summed E-state index contributed by atoms with van der Waals surface area (Å²) in [6.45, 7) is 3.19. The maximum absolute atomic E-state index is 12.7.